The quantitative estimate of drug-likeness (QED) is 0.725. The lowest BCUT2D eigenvalue weighted by Crippen LogP contribution is -2.34. The molecule has 0 heterocycles. The van der Waals surface area contributed by atoms with E-state index in [9.17, 15) is 13.2 Å². The van der Waals surface area contributed by atoms with Crippen LogP contribution in [0, 0.1) is 5.92 Å². The predicted molar refractivity (Wildman–Crippen MR) is 47.1 cm³/mol. The molecule has 1 aliphatic carbocycles. The van der Waals surface area contributed by atoms with Crippen molar-refractivity contribution >= 4 is 0 Å². The minimum atomic E-state index is -4.13. The Balaban J connectivity index is 1.93. The average Bonchev–Trinajstić information content (AvgIpc) is 2.81. The first-order valence-electron chi connectivity index (χ1n) is 4.86. The van der Waals surface area contributed by atoms with Crippen molar-refractivity contribution in [2.75, 3.05) is 19.7 Å². The molecule has 0 amide bonds. The first-order valence-corrected chi connectivity index (χ1v) is 4.86. The molecule has 1 fully saturated rings. The maximum Gasteiger partial charge on any atom is 0.401 e. The van der Waals surface area contributed by atoms with Gasteiger partial charge in [0.2, 0.25) is 0 Å². The Hall–Kier alpha value is -0.290. The number of rotatable bonds is 6. The third-order valence-corrected chi connectivity index (χ3v) is 2.07. The second-order valence-corrected chi connectivity index (χ2v) is 3.83. The van der Waals surface area contributed by atoms with Gasteiger partial charge < -0.3 is 10.1 Å². The zero-order valence-electron chi connectivity index (χ0n) is 8.23. The Bertz CT molecular complexity index is 168. The topological polar surface area (TPSA) is 21.3 Å². The molecule has 1 saturated carbocycles. The summed E-state index contributed by atoms with van der Waals surface area (Å²) in [5, 5.41) is 2.32. The standard InChI is InChI=1S/C9H16F3NO/c1-7(14-5-8-2-3-8)4-13-6-9(10,11)12/h7-8,13H,2-6H2,1H3. The molecule has 84 valence electrons. The van der Waals surface area contributed by atoms with E-state index in [0.717, 1.165) is 0 Å². The van der Waals surface area contributed by atoms with Crippen molar-refractivity contribution in [3.8, 4) is 0 Å². The van der Waals surface area contributed by atoms with Crippen molar-refractivity contribution in [3.63, 3.8) is 0 Å². The lowest BCUT2D eigenvalue weighted by molar-refractivity contribution is -0.125. The summed E-state index contributed by atoms with van der Waals surface area (Å²) < 4.78 is 40.5. The highest BCUT2D eigenvalue weighted by Gasteiger charge is 2.26. The number of halogens is 3. The normalized spacial score (nSPS) is 19.7. The van der Waals surface area contributed by atoms with Crippen LogP contribution in [0.1, 0.15) is 19.8 Å². The van der Waals surface area contributed by atoms with Crippen LogP contribution >= 0.6 is 0 Å². The van der Waals surface area contributed by atoms with Crippen LogP contribution in [0.3, 0.4) is 0 Å². The van der Waals surface area contributed by atoms with Gasteiger partial charge in [0.1, 0.15) is 0 Å². The molecule has 0 aliphatic heterocycles. The average molecular weight is 211 g/mol. The van der Waals surface area contributed by atoms with Gasteiger partial charge in [-0.3, -0.25) is 0 Å². The highest BCUT2D eigenvalue weighted by molar-refractivity contribution is 4.73. The van der Waals surface area contributed by atoms with Gasteiger partial charge in [-0.1, -0.05) is 0 Å². The highest BCUT2D eigenvalue weighted by Crippen LogP contribution is 2.29. The Morgan fingerprint density at radius 3 is 2.57 bits per heavy atom. The molecule has 0 aromatic heterocycles. The number of hydrogen-bond donors (Lipinski definition) is 1. The van der Waals surface area contributed by atoms with Gasteiger partial charge in [-0.05, 0) is 25.7 Å². The van der Waals surface area contributed by atoms with Gasteiger partial charge >= 0.3 is 6.18 Å². The second kappa shape index (κ2) is 4.98. The van der Waals surface area contributed by atoms with Crippen LogP contribution in [0.15, 0.2) is 0 Å². The fraction of sp³-hybridized carbons (Fsp3) is 1.00. The molecular weight excluding hydrogens is 195 g/mol. The van der Waals surface area contributed by atoms with Crippen molar-refractivity contribution in [2.45, 2.75) is 32.0 Å². The SMILES string of the molecule is CC(CNCC(F)(F)F)OCC1CC1. The summed E-state index contributed by atoms with van der Waals surface area (Å²) in [5.74, 6) is 0.653. The first-order chi connectivity index (χ1) is 6.47. The molecule has 0 saturated heterocycles. The van der Waals surface area contributed by atoms with Crippen LogP contribution in [-0.2, 0) is 4.74 Å². The summed E-state index contributed by atoms with van der Waals surface area (Å²) in [5.41, 5.74) is 0. The number of ether oxygens (including phenoxy) is 1. The molecule has 1 N–H and O–H groups in total. The van der Waals surface area contributed by atoms with E-state index < -0.39 is 12.7 Å². The molecule has 14 heavy (non-hydrogen) atoms. The maximum absolute atomic E-state index is 11.7. The molecule has 0 spiro atoms. The number of alkyl halides is 3. The molecule has 0 aromatic rings. The van der Waals surface area contributed by atoms with Crippen LogP contribution in [-0.4, -0.2) is 32.0 Å². The van der Waals surface area contributed by atoms with Crippen LogP contribution in [0.5, 0.6) is 0 Å². The van der Waals surface area contributed by atoms with Gasteiger partial charge in [0.05, 0.1) is 12.6 Å². The van der Waals surface area contributed by atoms with Crippen molar-refractivity contribution < 1.29 is 17.9 Å². The monoisotopic (exact) mass is 211 g/mol. The van der Waals surface area contributed by atoms with Crippen molar-refractivity contribution in [2.24, 2.45) is 5.92 Å². The molecule has 1 atom stereocenters. The third kappa shape index (κ3) is 6.21. The van der Waals surface area contributed by atoms with Crippen molar-refractivity contribution in [1.82, 2.24) is 5.32 Å². The van der Waals surface area contributed by atoms with Gasteiger partial charge in [0.15, 0.2) is 0 Å². The predicted octanol–water partition coefficient (Wildman–Crippen LogP) is 1.95. The van der Waals surface area contributed by atoms with E-state index in [4.69, 9.17) is 4.74 Å². The van der Waals surface area contributed by atoms with Crippen LogP contribution in [0.2, 0.25) is 0 Å². The Morgan fingerprint density at radius 2 is 2.07 bits per heavy atom. The van der Waals surface area contributed by atoms with Gasteiger partial charge in [0.25, 0.3) is 0 Å². The summed E-state index contributed by atoms with van der Waals surface area (Å²) in [6.45, 7) is 1.79. The van der Waals surface area contributed by atoms with E-state index in [1.165, 1.54) is 12.8 Å². The zero-order valence-corrected chi connectivity index (χ0v) is 8.23. The van der Waals surface area contributed by atoms with E-state index in [-0.39, 0.29) is 12.6 Å². The van der Waals surface area contributed by atoms with Gasteiger partial charge in [-0.2, -0.15) is 13.2 Å². The molecule has 5 heteroatoms. The molecule has 2 nitrogen and oxygen atoms in total. The summed E-state index contributed by atoms with van der Waals surface area (Å²) in [6.07, 6.45) is -1.88. The summed E-state index contributed by atoms with van der Waals surface area (Å²) in [4.78, 5) is 0. The van der Waals surface area contributed by atoms with E-state index in [2.05, 4.69) is 5.32 Å². The molecular formula is C9H16F3NO. The third-order valence-electron chi connectivity index (χ3n) is 2.07. The minimum Gasteiger partial charge on any atom is -0.377 e. The summed E-state index contributed by atoms with van der Waals surface area (Å²) >= 11 is 0. The van der Waals surface area contributed by atoms with Crippen LogP contribution in [0.25, 0.3) is 0 Å². The van der Waals surface area contributed by atoms with E-state index in [1.54, 1.807) is 6.92 Å². The Labute approximate surface area is 81.8 Å². The fourth-order valence-electron chi connectivity index (χ4n) is 1.06. The Kier molecular flexibility index (Phi) is 4.19. The fourth-order valence-corrected chi connectivity index (χ4v) is 1.06. The van der Waals surface area contributed by atoms with Gasteiger partial charge in [-0.25, -0.2) is 0 Å². The van der Waals surface area contributed by atoms with Gasteiger partial charge in [0, 0.05) is 13.2 Å². The van der Waals surface area contributed by atoms with E-state index >= 15 is 0 Å². The number of nitrogens with one attached hydrogen (secondary N) is 1. The lowest BCUT2D eigenvalue weighted by Gasteiger charge is -2.14. The van der Waals surface area contributed by atoms with Crippen LogP contribution < -0.4 is 5.32 Å². The molecule has 1 aliphatic rings. The van der Waals surface area contributed by atoms with Crippen molar-refractivity contribution in [1.29, 1.82) is 0 Å². The maximum atomic E-state index is 11.7. The molecule has 1 rings (SSSR count). The van der Waals surface area contributed by atoms with Gasteiger partial charge in [-0.15, -0.1) is 0 Å². The molecule has 1 unspecified atom stereocenters. The number of hydrogen-bond acceptors (Lipinski definition) is 2. The molecule has 0 bridgehead atoms. The molecule has 0 aromatic carbocycles. The first kappa shape index (κ1) is 11.8. The smallest absolute Gasteiger partial charge is 0.377 e. The Morgan fingerprint density at radius 1 is 1.43 bits per heavy atom. The second-order valence-electron chi connectivity index (χ2n) is 3.83. The molecule has 0 radical (unpaired) electrons. The van der Waals surface area contributed by atoms with E-state index in [0.29, 0.717) is 12.5 Å². The minimum absolute atomic E-state index is 0.141. The zero-order chi connectivity index (χ0) is 10.6. The lowest BCUT2D eigenvalue weighted by atomic mass is 10.4. The van der Waals surface area contributed by atoms with E-state index in [1.807, 2.05) is 0 Å². The highest BCUT2D eigenvalue weighted by atomic mass is 19.4. The summed E-state index contributed by atoms with van der Waals surface area (Å²) in [6, 6.07) is 0. The van der Waals surface area contributed by atoms with Crippen LogP contribution in [0.4, 0.5) is 13.2 Å². The van der Waals surface area contributed by atoms with Crippen molar-refractivity contribution in [3.05, 3.63) is 0 Å². The largest absolute Gasteiger partial charge is 0.401 e. The summed E-state index contributed by atoms with van der Waals surface area (Å²) in [7, 11) is 0.